The standard InChI is InChI=1S/C17H22N6O4S/c24-17(21-9-11-27-12-10-21)14-5-7-22(8-6-14)28(25,26)16-3-1-15(2-4-16)23-13-18-19-20-23/h1-4,13-14H,5-12H2. The first-order chi connectivity index (χ1) is 13.6. The second-order valence-electron chi connectivity index (χ2n) is 6.86. The number of piperidine rings is 1. The fourth-order valence-electron chi connectivity index (χ4n) is 3.58. The maximum absolute atomic E-state index is 12.9. The molecule has 150 valence electrons. The Bertz CT molecular complexity index is 902. The van der Waals surface area contributed by atoms with Crippen molar-refractivity contribution in [1.29, 1.82) is 0 Å². The SMILES string of the molecule is O=C(C1CCN(S(=O)(=O)c2ccc(-n3cnnn3)cc2)CC1)N1CCOCC1. The monoisotopic (exact) mass is 406 g/mol. The van der Waals surface area contributed by atoms with Gasteiger partial charge in [-0.25, -0.2) is 13.1 Å². The first-order valence-corrected chi connectivity index (χ1v) is 10.7. The van der Waals surface area contributed by atoms with Crippen molar-refractivity contribution in [3.05, 3.63) is 30.6 Å². The number of aromatic nitrogens is 4. The number of sulfonamides is 1. The molecule has 0 unspecified atom stereocenters. The highest BCUT2D eigenvalue weighted by atomic mass is 32.2. The molecule has 2 aromatic rings. The Labute approximate surface area is 163 Å². The van der Waals surface area contributed by atoms with Crippen molar-refractivity contribution in [3.63, 3.8) is 0 Å². The molecule has 0 aliphatic carbocycles. The van der Waals surface area contributed by atoms with Crippen LogP contribution in [0.2, 0.25) is 0 Å². The molecule has 4 rings (SSSR count). The van der Waals surface area contributed by atoms with E-state index in [2.05, 4.69) is 15.5 Å². The van der Waals surface area contributed by atoms with Gasteiger partial charge in [-0.2, -0.15) is 4.31 Å². The fourth-order valence-corrected chi connectivity index (χ4v) is 5.05. The van der Waals surface area contributed by atoms with Crippen LogP contribution in [0.5, 0.6) is 0 Å². The van der Waals surface area contributed by atoms with Gasteiger partial charge >= 0.3 is 0 Å². The lowest BCUT2D eigenvalue weighted by atomic mass is 9.96. The van der Waals surface area contributed by atoms with Gasteiger partial charge in [-0.1, -0.05) is 0 Å². The van der Waals surface area contributed by atoms with Crippen LogP contribution in [-0.2, 0) is 19.6 Å². The number of tetrazole rings is 1. The minimum absolute atomic E-state index is 0.117. The number of rotatable bonds is 4. The van der Waals surface area contributed by atoms with Crippen molar-refractivity contribution in [3.8, 4) is 5.69 Å². The molecule has 2 aliphatic rings. The van der Waals surface area contributed by atoms with Gasteiger partial charge in [0.05, 0.1) is 23.8 Å². The molecule has 1 amide bonds. The quantitative estimate of drug-likeness (QED) is 0.698. The molecule has 1 aromatic carbocycles. The van der Waals surface area contributed by atoms with E-state index in [9.17, 15) is 13.2 Å². The third-order valence-corrected chi connectivity index (χ3v) is 7.13. The molecular weight excluding hydrogens is 384 g/mol. The minimum Gasteiger partial charge on any atom is -0.378 e. The van der Waals surface area contributed by atoms with Crippen molar-refractivity contribution in [2.24, 2.45) is 5.92 Å². The Morgan fingerprint density at radius 1 is 1.04 bits per heavy atom. The summed E-state index contributed by atoms with van der Waals surface area (Å²) in [4.78, 5) is 14.7. The van der Waals surface area contributed by atoms with Gasteiger partial charge in [0.1, 0.15) is 6.33 Å². The third kappa shape index (κ3) is 3.77. The van der Waals surface area contributed by atoms with Gasteiger partial charge in [0.15, 0.2) is 0 Å². The predicted octanol–water partition coefficient (Wildman–Crippen LogP) is -0.0782. The molecule has 2 fully saturated rings. The van der Waals surface area contributed by atoms with Gasteiger partial charge in [-0.05, 0) is 47.5 Å². The molecule has 10 nitrogen and oxygen atoms in total. The predicted molar refractivity (Wildman–Crippen MR) is 98.0 cm³/mol. The Kier molecular flexibility index (Phi) is 5.38. The van der Waals surface area contributed by atoms with Gasteiger partial charge in [-0.3, -0.25) is 4.79 Å². The number of benzene rings is 1. The lowest BCUT2D eigenvalue weighted by Crippen LogP contribution is -2.47. The molecule has 28 heavy (non-hydrogen) atoms. The molecule has 0 radical (unpaired) electrons. The summed E-state index contributed by atoms with van der Waals surface area (Å²) in [5.41, 5.74) is 0.679. The zero-order valence-corrected chi connectivity index (χ0v) is 16.2. The van der Waals surface area contributed by atoms with E-state index >= 15 is 0 Å². The maximum Gasteiger partial charge on any atom is 0.243 e. The first kappa shape index (κ1) is 19.0. The van der Waals surface area contributed by atoms with E-state index in [1.54, 1.807) is 24.3 Å². The lowest BCUT2D eigenvalue weighted by Gasteiger charge is -2.35. The molecule has 2 aliphatic heterocycles. The third-order valence-electron chi connectivity index (χ3n) is 5.21. The molecule has 2 saturated heterocycles. The second kappa shape index (κ2) is 7.94. The zero-order chi connectivity index (χ0) is 19.6. The largest absolute Gasteiger partial charge is 0.378 e. The van der Waals surface area contributed by atoms with Crippen LogP contribution in [0.4, 0.5) is 0 Å². The number of hydrogen-bond acceptors (Lipinski definition) is 7. The smallest absolute Gasteiger partial charge is 0.243 e. The van der Waals surface area contributed by atoms with Crippen molar-refractivity contribution in [1.82, 2.24) is 29.4 Å². The van der Waals surface area contributed by atoms with Crippen molar-refractivity contribution in [2.75, 3.05) is 39.4 Å². The van der Waals surface area contributed by atoms with Crippen molar-refractivity contribution < 1.29 is 17.9 Å². The highest BCUT2D eigenvalue weighted by Gasteiger charge is 2.34. The highest BCUT2D eigenvalue weighted by molar-refractivity contribution is 7.89. The van der Waals surface area contributed by atoms with Crippen LogP contribution in [0, 0.1) is 5.92 Å². The molecule has 0 saturated carbocycles. The number of hydrogen-bond donors (Lipinski definition) is 0. The minimum atomic E-state index is -3.59. The van der Waals surface area contributed by atoms with Crippen molar-refractivity contribution in [2.45, 2.75) is 17.7 Å². The van der Waals surface area contributed by atoms with E-state index in [0.717, 1.165) is 0 Å². The van der Waals surface area contributed by atoms with Gasteiger partial charge in [0, 0.05) is 32.1 Å². The van der Waals surface area contributed by atoms with Crippen LogP contribution in [0.15, 0.2) is 35.5 Å². The summed E-state index contributed by atoms with van der Waals surface area (Å²) in [6.45, 7) is 3.06. The Hall–Kier alpha value is -2.37. The Morgan fingerprint density at radius 2 is 1.71 bits per heavy atom. The summed E-state index contributed by atoms with van der Waals surface area (Å²) in [7, 11) is -3.59. The lowest BCUT2D eigenvalue weighted by molar-refractivity contribution is -0.140. The van der Waals surface area contributed by atoms with Crippen LogP contribution in [0.3, 0.4) is 0 Å². The molecule has 11 heteroatoms. The number of carbonyl (C=O) groups is 1. The number of nitrogens with zero attached hydrogens (tertiary/aromatic N) is 6. The van der Waals surface area contributed by atoms with Crippen LogP contribution in [0.25, 0.3) is 5.69 Å². The maximum atomic E-state index is 12.9. The van der Waals surface area contributed by atoms with Gasteiger partial charge in [0.25, 0.3) is 0 Å². The number of morpholine rings is 1. The van der Waals surface area contributed by atoms with Gasteiger partial charge < -0.3 is 9.64 Å². The highest BCUT2D eigenvalue weighted by Crippen LogP contribution is 2.26. The van der Waals surface area contributed by atoms with Crippen LogP contribution >= 0.6 is 0 Å². The molecule has 0 spiro atoms. The van der Waals surface area contributed by atoms with E-state index < -0.39 is 10.0 Å². The van der Waals surface area contributed by atoms with Crippen LogP contribution < -0.4 is 0 Å². The Morgan fingerprint density at radius 3 is 2.32 bits per heavy atom. The summed E-state index contributed by atoms with van der Waals surface area (Å²) in [5.74, 6) is -0.00196. The molecule has 0 N–H and O–H groups in total. The molecule has 3 heterocycles. The van der Waals surface area contributed by atoms with E-state index in [1.807, 2.05) is 4.90 Å². The average molecular weight is 406 g/mol. The summed E-state index contributed by atoms with van der Waals surface area (Å²) in [6.07, 6.45) is 2.52. The van der Waals surface area contributed by atoms with Gasteiger partial charge in [0.2, 0.25) is 15.9 Å². The Balaban J connectivity index is 1.40. The topological polar surface area (TPSA) is 111 Å². The molecular formula is C17H22N6O4S. The molecule has 1 aromatic heterocycles. The normalized spacial score (nSPS) is 19.6. The number of amides is 1. The van der Waals surface area contributed by atoms with E-state index in [1.165, 1.54) is 15.3 Å². The summed E-state index contributed by atoms with van der Waals surface area (Å²) in [6, 6.07) is 6.44. The summed E-state index contributed by atoms with van der Waals surface area (Å²) < 4.78 is 34.1. The molecule has 0 atom stereocenters. The number of ether oxygens (including phenoxy) is 1. The fraction of sp³-hybridized carbons (Fsp3) is 0.529. The van der Waals surface area contributed by atoms with Crippen LogP contribution in [0.1, 0.15) is 12.8 Å². The van der Waals surface area contributed by atoms with Gasteiger partial charge in [-0.15, -0.1) is 5.10 Å². The van der Waals surface area contributed by atoms with E-state index in [0.29, 0.717) is 57.9 Å². The first-order valence-electron chi connectivity index (χ1n) is 9.26. The molecule has 0 bridgehead atoms. The average Bonchev–Trinajstić information content (AvgIpc) is 3.29. The summed E-state index contributed by atoms with van der Waals surface area (Å²) >= 11 is 0. The van der Waals surface area contributed by atoms with Crippen LogP contribution in [-0.4, -0.2) is 83.1 Å². The van der Waals surface area contributed by atoms with Crippen molar-refractivity contribution >= 4 is 15.9 Å². The second-order valence-corrected chi connectivity index (χ2v) is 8.80. The number of carbonyl (C=O) groups excluding carboxylic acids is 1. The summed E-state index contributed by atoms with van der Waals surface area (Å²) in [5, 5.41) is 10.9. The van der Waals surface area contributed by atoms with E-state index in [4.69, 9.17) is 4.74 Å². The zero-order valence-electron chi connectivity index (χ0n) is 15.3. The van der Waals surface area contributed by atoms with E-state index in [-0.39, 0.29) is 16.7 Å².